The average Bonchev–Trinajstić information content (AvgIpc) is 3.09. The van der Waals surface area contributed by atoms with Crippen molar-refractivity contribution in [1.29, 1.82) is 0 Å². The molecule has 0 aliphatic carbocycles. The number of hydrogen-bond acceptors (Lipinski definition) is 5. The number of hydrogen-bond donors (Lipinski definition) is 1. The Balaban J connectivity index is 1.55. The molecule has 0 saturated carbocycles. The second kappa shape index (κ2) is 7.40. The minimum absolute atomic E-state index is 0.299. The second-order valence-corrected chi connectivity index (χ2v) is 8.53. The number of aryl methyl sites for hydroxylation is 1. The molecule has 10 heteroatoms. The molecule has 2 aliphatic heterocycles. The van der Waals surface area contributed by atoms with E-state index in [9.17, 15) is 18.0 Å². The van der Waals surface area contributed by atoms with Crippen molar-refractivity contribution in [2.24, 2.45) is 0 Å². The van der Waals surface area contributed by atoms with Gasteiger partial charge in [-0.25, -0.2) is 4.79 Å². The lowest BCUT2D eigenvalue weighted by Gasteiger charge is -2.35. The van der Waals surface area contributed by atoms with Gasteiger partial charge in [-0.3, -0.25) is 14.3 Å². The van der Waals surface area contributed by atoms with Crippen molar-refractivity contribution in [3.63, 3.8) is 0 Å². The summed E-state index contributed by atoms with van der Waals surface area (Å²) in [7, 11) is -3.34. The molecular formula is C15H25N5O4S. The van der Waals surface area contributed by atoms with Crippen LogP contribution < -0.4 is 11.2 Å². The molecule has 2 fully saturated rings. The third kappa shape index (κ3) is 4.02. The average molecular weight is 371 g/mol. The summed E-state index contributed by atoms with van der Waals surface area (Å²) >= 11 is 0. The highest BCUT2D eigenvalue weighted by Crippen LogP contribution is 2.17. The summed E-state index contributed by atoms with van der Waals surface area (Å²) in [6.07, 6.45) is 1.86. The van der Waals surface area contributed by atoms with E-state index in [1.54, 1.807) is 15.5 Å². The first-order valence-corrected chi connectivity index (χ1v) is 10.1. The van der Waals surface area contributed by atoms with E-state index in [4.69, 9.17) is 0 Å². The van der Waals surface area contributed by atoms with Crippen molar-refractivity contribution in [3.8, 4) is 0 Å². The summed E-state index contributed by atoms with van der Waals surface area (Å²) in [5.74, 6) is 0. The third-order valence-corrected chi connectivity index (χ3v) is 6.88. The van der Waals surface area contributed by atoms with Gasteiger partial charge in [0.15, 0.2) is 0 Å². The standard InChI is InChI=1S/C15H25N5O4S/c1-13-12-14(21)20(15(22)16-13)11-8-17-6-9-19(10-7-17)25(23,24)18-4-2-3-5-18/h12H,2-11H2,1H3,(H,16,22). The van der Waals surface area contributed by atoms with Gasteiger partial charge in [-0.1, -0.05) is 0 Å². The number of aromatic nitrogens is 2. The maximum Gasteiger partial charge on any atom is 0.328 e. The molecule has 3 rings (SSSR count). The second-order valence-electron chi connectivity index (χ2n) is 6.60. The molecular weight excluding hydrogens is 346 g/mol. The summed E-state index contributed by atoms with van der Waals surface area (Å²) in [4.78, 5) is 28.5. The highest BCUT2D eigenvalue weighted by Gasteiger charge is 2.33. The zero-order chi connectivity index (χ0) is 18.0. The molecule has 0 spiro atoms. The van der Waals surface area contributed by atoms with Gasteiger partial charge in [0.2, 0.25) is 0 Å². The number of H-pyrrole nitrogens is 1. The van der Waals surface area contributed by atoms with E-state index >= 15 is 0 Å². The maximum atomic E-state index is 12.5. The Hall–Kier alpha value is -1.49. The molecule has 0 bridgehead atoms. The van der Waals surface area contributed by atoms with Crippen molar-refractivity contribution in [2.45, 2.75) is 26.3 Å². The van der Waals surface area contributed by atoms with E-state index in [0.29, 0.717) is 58.1 Å². The van der Waals surface area contributed by atoms with Crippen molar-refractivity contribution in [1.82, 2.24) is 23.1 Å². The lowest BCUT2D eigenvalue weighted by molar-refractivity contribution is 0.176. The number of nitrogens with zero attached hydrogens (tertiary/aromatic N) is 4. The van der Waals surface area contributed by atoms with Crippen LogP contribution in [-0.2, 0) is 16.8 Å². The van der Waals surface area contributed by atoms with Crippen LogP contribution in [-0.4, -0.2) is 77.3 Å². The van der Waals surface area contributed by atoms with Crippen LogP contribution in [0.3, 0.4) is 0 Å². The summed E-state index contributed by atoms with van der Waals surface area (Å²) in [5.41, 5.74) is -0.163. The first-order chi connectivity index (χ1) is 11.9. The molecule has 2 saturated heterocycles. The minimum Gasteiger partial charge on any atom is -0.311 e. The van der Waals surface area contributed by atoms with Crippen LogP contribution in [0.15, 0.2) is 15.7 Å². The quantitative estimate of drug-likeness (QED) is 0.701. The van der Waals surface area contributed by atoms with E-state index in [1.165, 1.54) is 10.6 Å². The van der Waals surface area contributed by atoms with Gasteiger partial charge < -0.3 is 4.98 Å². The van der Waals surface area contributed by atoms with Crippen molar-refractivity contribution in [2.75, 3.05) is 45.8 Å². The van der Waals surface area contributed by atoms with E-state index in [1.807, 2.05) is 0 Å². The highest BCUT2D eigenvalue weighted by atomic mass is 32.2. The molecule has 0 unspecified atom stereocenters. The van der Waals surface area contributed by atoms with Gasteiger partial charge in [0.25, 0.3) is 15.8 Å². The van der Waals surface area contributed by atoms with Crippen LogP contribution in [0.25, 0.3) is 0 Å². The van der Waals surface area contributed by atoms with E-state index in [0.717, 1.165) is 12.8 Å². The molecule has 25 heavy (non-hydrogen) atoms. The van der Waals surface area contributed by atoms with Crippen LogP contribution in [0.4, 0.5) is 0 Å². The van der Waals surface area contributed by atoms with Crippen LogP contribution in [0.2, 0.25) is 0 Å². The molecule has 2 aliphatic rings. The van der Waals surface area contributed by atoms with Crippen molar-refractivity contribution < 1.29 is 8.42 Å². The minimum atomic E-state index is -3.34. The van der Waals surface area contributed by atoms with Gasteiger partial charge >= 0.3 is 5.69 Å². The lowest BCUT2D eigenvalue weighted by atomic mass is 10.3. The Morgan fingerprint density at radius 2 is 1.56 bits per heavy atom. The zero-order valence-electron chi connectivity index (χ0n) is 14.5. The number of piperazine rings is 1. The topological polar surface area (TPSA) is 98.7 Å². The molecule has 1 N–H and O–H groups in total. The predicted octanol–water partition coefficient (Wildman–Crippen LogP) is -1.20. The molecule has 3 heterocycles. The van der Waals surface area contributed by atoms with Crippen LogP contribution in [0.5, 0.6) is 0 Å². The smallest absolute Gasteiger partial charge is 0.311 e. The largest absolute Gasteiger partial charge is 0.328 e. The number of aromatic amines is 1. The Labute approximate surface area is 147 Å². The first kappa shape index (κ1) is 18.3. The first-order valence-electron chi connectivity index (χ1n) is 8.66. The summed E-state index contributed by atoms with van der Waals surface area (Å²) in [6, 6.07) is 1.40. The molecule has 1 aromatic rings. The summed E-state index contributed by atoms with van der Waals surface area (Å²) in [5, 5.41) is 0. The van der Waals surface area contributed by atoms with Gasteiger partial charge in [-0.05, 0) is 19.8 Å². The lowest BCUT2D eigenvalue weighted by Crippen LogP contribution is -2.53. The van der Waals surface area contributed by atoms with Gasteiger partial charge in [0.1, 0.15) is 0 Å². The normalized spacial score (nSPS) is 21.0. The Bertz CT molecular complexity index is 786. The highest BCUT2D eigenvalue weighted by molar-refractivity contribution is 7.86. The Morgan fingerprint density at radius 1 is 0.960 bits per heavy atom. The third-order valence-electron chi connectivity index (χ3n) is 4.84. The Morgan fingerprint density at radius 3 is 2.16 bits per heavy atom. The molecule has 0 atom stereocenters. The van der Waals surface area contributed by atoms with Gasteiger partial charge in [-0.15, -0.1) is 0 Å². The maximum absolute atomic E-state index is 12.5. The monoisotopic (exact) mass is 371 g/mol. The molecule has 0 radical (unpaired) electrons. The van der Waals surface area contributed by atoms with E-state index < -0.39 is 15.9 Å². The molecule has 0 aromatic carbocycles. The van der Waals surface area contributed by atoms with Gasteiger partial charge in [0, 0.05) is 64.1 Å². The van der Waals surface area contributed by atoms with E-state index in [2.05, 4.69) is 9.88 Å². The molecule has 140 valence electrons. The molecule has 0 amide bonds. The fourth-order valence-electron chi connectivity index (χ4n) is 3.35. The van der Waals surface area contributed by atoms with Gasteiger partial charge in [-0.2, -0.15) is 17.0 Å². The SMILES string of the molecule is Cc1cc(=O)n(CCN2CCN(S(=O)(=O)N3CCCC3)CC2)c(=O)[nH]1. The molecule has 9 nitrogen and oxygen atoms in total. The van der Waals surface area contributed by atoms with Crippen LogP contribution in [0.1, 0.15) is 18.5 Å². The molecule has 1 aromatic heterocycles. The number of rotatable bonds is 5. The predicted molar refractivity (Wildman–Crippen MR) is 93.8 cm³/mol. The zero-order valence-corrected chi connectivity index (χ0v) is 15.3. The van der Waals surface area contributed by atoms with Crippen LogP contribution >= 0.6 is 0 Å². The number of nitrogens with one attached hydrogen (secondary N) is 1. The van der Waals surface area contributed by atoms with Gasteiger partial charge in [0.05, 0.1) is 0 Å². The van der Waals surface area contributed by atoms with Crippen molar-refractivity contribution in [3.05, 3.63) is 32.6 Å². The van der Waals surface area contributed by atoms with Crippen molar-refractivity contribution >= 4 is 10.2 Å². The fraction of sp³-hybridized carbons (Fsp3) is 0.733. The fourth-order valence-corrected chi connectivity index (χ4v) is 5.03. The summed E-state index contributed by atoms with van der Waals surface area (Å²) in [6.45, 7) is 5.83. The summed E-state index contributed by atoms with van der Waals surface area (Å²) < 4.78 is 29.4. The Kier molecular flexibility index (Phi) is 5.42. The van der Waals surface area contributed by atoms with Crippen LogP contribution in [0, 0.1) is 6.92 Å². The van der Waals surface area contributed by atoms with E-state index in [-0.39, 0.29) is 5.56 Å².